The quantitative estimate of drug-likeness (QED) is 0.568. The molecule has 3 rings (SSSR count). The minimum Gasteiger partial charge on any atom is -0.477 e. The molecule has 0 bridgehead atoms. The number of aromatic amines is 1. The van der Waals surface area contributed by atoms with Crippen molar-refractivity contribution in [3.8, 4) is 11.3 Å². The van der Waals surface area contributed by atoms with Gasteiger partial charge in [0.2, 0.25) is 0 Å². The van der Waals surface area contributed by atoms with Crippen molar-refractivity contribution >= 4 is 16.9 Å². The Morgan fingerprint density at radius 2 is 1.70 bits per heavy atom. The molecule has 0 saturated carbocycles. The van der Waals surface area contributed by atoms with Gasteiger partial charge >= 0.3 is 11.9 Å². The van der Waals surface area contributed by atoms with E-state index in [4.69, 9.17) is 5.11 Å². The lowest BCUT2D eigenvalue weighted by Gasteiger charge is -2.11. The van der Waals surface area contributed by atoms with E-state index in [0.29, 0.717) is 22.9 Å². The van der Waals surface area contributed by atoms with Gasteiger partial charge in [0.15, 0.2) is 0 Å². The molecule has 3 nitrogen and oxygen atoms in total. The fraction of sp³-hybridized carbons (Fsp3) is 0.211. The van der Waals surface area contributed by atoms with Crippen LogP contribution in [0.5, 0.6) is 0 Å². The van der Waals surface area contributed by atoms with E-state index in [1.165, 1.54) is 24.3 Å². The van der Waals surface area contributed by atoms with Gasteiger partial charge in [0.1, 0.15) is 17.5 Å². The van der Waals surface area contributed by atoms with Gasteiger partial charge in [0, 0.05) is 23.6 Å². The second-order valence-corrected chi connectivity index (χ2v) is 6.16. The molecule has 1 heterocycles. The number of rotatable bonds is 6. The molecule has 2 N–H and O–H groups in total. The Morgan fingerprint density at radius 3 is 2.33 bits per heavy atom. The summed E-state index contributed by atoms with van der Waals surface area (Å²) in [6.45, 7) is 0. The van der Waals surface area contributed by atoms with Crippen LogP contribution in [0.15, 0.2) is 36.4 Å². The molecule has 0 unspecified atom stereocenters. The minimum absolute atomic E-state index is 0.00396. The van der Waals surface area contributed by atoms with E-state index in [1.807, 2.05) is 0 Å². The van der Waals surface area contributed by atoms with Crippen molar-refractivity contribution in [3.05, 3.63) is 59.4 Å². The molecule has 0 aliphatic rings. The predicted octanol–water partition coefficient (Wildman–Crippen LogP) is 5.29. The molecule has 1 aromatic heterocycles. The molecular weight excluding hydrogens is 369 g/mol. The number of alkyl halides is 2. The number of carboxylic acid groups (broad SMARTS) is 1. The number of hydrogen-bond acceptors (Lipinski definition) is 1. The number of aliphatic carboxylic acids is 1. The van der Waals surface area contributed by atoms with Gasteiger partial charge in [-0.3, -0.25) is 0 Å². The highest BCUT2D eigenvalue weighted by atomic mass is 19.3. The molecule has 27 heavy (non-hydrogen) atoms. The zero-order chi connectivity index (χ0) is 19.8. The largest absolute Gasteiger partial charge is 0.477 e. The number of aryl methyl sites for hydroxylation is 1. The molecule has 8 heteroatoms. The fourth-order valence-corrected chi connectivity index (χ4v) is 2.99. The summed E-state index contributed by atoms with van der Waals surface area (Å²) >= 11 is 0. The third-order valence-electron chi connectivity index (χ3n) is 4.30. The molecule has 2 aromatic carbocycles. The van der Waals surface area contributed by atoms with Crippen molar-refractivity contribution in [2.24, 2.45) is 0 Å². The first-order chi connectivity index (χ1) is 12.7. The molecule has 0 atom stereocenters. The van der Waals surface area contributed by atoms with Crippen molar-refractivity contribution in [2.45, 2.75) is 25.2 Å². The lowest BCUT2D eigenvalue weighted by Crippen LogP contribution is -2.28. The van der Waals surface area contributed by atoms with E-state index in [2.05, 4.69) is 4.98 Å². The van der Waals surface area contributed by atoms with E-state index in [0.717, 1.165) is 6.07 Å². The first kappa shape index (κ1) is 18.9. The summed E-state index contributed by atoms with van der Waals surface area (Å²) < 4.78 is 67.6. The fourth-order valence-electron chi connectivity index (χ4n) is 2.99. The molecule has 3 aromatic rings. The Hall–Kier alpha value is -2.90. The van der Waals surface area contributed by atoms with Gasteiger partial charge in [-0.2, -0.15) is 8.78 Å². The van der Waals surface area contributed by atoms with E-state index in [-0.39, 0.29) is 23.7 Å². The van der Waals surface area contributed by atoms with Crippen molar-refractivity contribution in [1.82, 2.24) is 4.98 Å². The van der Waals surface area contributed by atoms with Crippen LogP contribution in [0.3, 0.4) is 0 Å². The van der Waals surface area contributed by atoms with Crippen LogP contribution in [0.2, 0.25) is 0 Å². The third-order valence-corrected chi connectivity index (χ3v) is 4.30. The summed E-state index contributed by atoms with van der Waals surface area (Å²) in [5, 5.41) is 8.68. The van der Waals surface area contributed by atoms with Crippen molar-refractivity contribution in [2.75, 3.05) is 0 Å². The molecule has 0 amide bonds. The Balaban J connectivity index is 2.04. The van der Waals surface area contributed by atoms with Crippen LogP contribution in [0.4, 0.5) is 22.0 Å². The highest BCUT2D eigenvalue weighted by Gasteiger charge is 2.37. The van der Waals surface area contributed by atoms with E-state index >= 15 is 0 Å². The van der Waals surface area contributed by atoms with Crippen LogP contribution >= 0.6 is 0 Å². The number of nitrogens with one attached hydrogen (secondary N) is 1. The number of benzene rings is 2. The average Bonchev–Trinajstić information content (AvgIpc) is 2.94. The van der Waals surface area contributed by atoms with Crippen LogP contribution in [0.1, 0.15) is 18.4 Å². The molecule has 0 aliphatic carbocycles. The number of hydrogen-bond donors (Lipinski definition) is 2. The van der Waals surface area contributed by atoms with Crippen LogP contribution in [-0.2, 0) is 11.2 Å². The van der Waals surface area contributed by atoms with Crippen molar-refractivity contribution in [1.29, 1.82) is 0 Å². The molecule has 0 aliphatic heterocycles. The van der Waals surface area contributed by atoms with Crippen LogP contribution in [0.25, 0.3) is 22.2 Å². The van der Waals surface area contributed by atoms with Gasteiger partial charge in [0.05, 0.1) is 5.52 Å². The third kappa shape index (κ3) is 3.79. The maximum atomic E-state index is 14.1. The van der Waals surface area contributed by atoms with E-state index < -0.39 is 35.8 Å². The highest BCUT2D eigenvalue weighted by Crippen LogP contribution is 2.34. The zero-order valence-corrected chi connectivity index (χ0v) is 13.8. The summed E-state index contributed by atoms with van der Waals surface area (Å²) in [5.41, 5.74) is 1.16. The lowest BCUT2D eigenvalue weighted by atomic mass is 9.99. The van der Waals surface area contributed by atoms with Crippen LogP contribution in [-0.4, -0.2) is 22.0 Å². The molecule has 0 saturated heterocycles. The molecule has 142 valence electrons. The Labute approximate surface area is 150 Å². The maximum absolute atomic E-state index is 14.1. The SMILES string of the molecule is O=C(O)C(F)(F)CCCc1c(-c2ccc(F)cc2)[nH]c2c(F)cc(F)cc12. The second-order valence-electron chi connectivity index (χ2n) is 6.16. The summed E-state index contributed by atoms with van der Waals surface area (Å²) in [7, 11) is 0. The first-order valence-corrected chi connectivity index (χ1v) is 8.06. The van der Waals surface area contributed by atoms with Gasteiger partial charge in [-0.05, 0) is 54.3 Å². The second kappa shape index (κ2) is 7.02. The molecule has 0 fully saturated rings. The lowest BCUT2D eigenvalue weighted by molar-refractivity contribution is -0.165. The zero-order valence-electron chi connectivity index (χ0n) is 13.8. The summed E-state index contributed by atoms with van der Waals surface area (Å²) in [5.74, 6) is -8.29. The summed E-state index contributed by atoms with van der Waals surface area (Å²) in [6, 6.07) is 6.97. The normalized spacial score (nSPS) is 11.9. The Kier molecular flexibility index (Phi) is 4.91. The van der Waals surface area contributed by atoms with Crippen molar-refractivity contribution in [3.63, 3.8) is 0 Å². The van der Waals surface area contributed by atoms with Crippen LogP contribution in [0, 0.1) is 17.5 Å². The van der Waals surface area contributed by atoms with Gasteiger partial charge < -0.3 is 10.1 Å². The number of H-pyrrole nitrogens is 1. The molecular formula is C19H14F5NO2. The molecule has 0 spiro atoms. The number of halogens is 5. The molecule has 0 radical (unpaired) electrons. The number of aromatic nitrogens is 1. The predicted molar refractivity (Wildman–Crippen MR) is 89.1 cm³/mol. The number of carbonyl (C=O) groups is 1. The smallest absolute Gasteiger partial charge is 0.374 e. The summed E-state index contributed by atoms with van der Waals surface area (Å²) in [6.07, 6.45) is -1.19. The number of carboxylic acids is 1. The Bertz CT molecular complexity index is 995. The average molecular weight is 383 g/mol. The summed E-state index contributed by atoms with van der Waals surface area (Å²) in [4.78, 5) is 13.3. The van der Waals surface area contributed by atoms with Gasteiger partial charge in [0.25, 0.3) is 0 Å². The maximum Gasteiger partial charge on any atom is 0.374 e. The Morgan fingerprint density at radius 1 is 1.04 bits per heavy atom. The van der Waals surface area contributed by atoms with Gasteiger partial charge in [-0.15, -0.1) is 0 Å². The minimum atomic E-state index is -3.89. The van der Waals surface area contributed by atoms with E-state index in [1.54, 1.807) is 0 Å². The topological polar surface area (TPSA) is 53.1 Å². The first-order valence-electron chi connectivity index (χ1n) is 8.06. The van der Waals surface area contributed by atoms with Crippen LogP contribution < -0.4 is 0 Å². The standard InChI is InChI=1S/C19H14F5NO2/c20-11-5-3-10(4-6-11)16-13(2-1-7-19(23,24)18(26)27)14-8-12(21)9-15(22)17(14)25-16/h3-6,8-9,25H,1-2,7H2,(H,26,27). The monoisotopic (exact) mass is 383 g/mol. The van der Waals surface area contributed by atoms with Gasteiger partial charge in [-0.25, -0.2) is 18.0 Å². The highest BCUT2D eigenvalue weighted by molar-refractivity contribution is 5.91. The van der Waals surface area contributed by atoms with E-state index in [9.17, 15) is 26.7 Å². The van der Waals surface area contributed by atoms with Gasteiger partial charge in [-0.1, -0.05) is 0 Å². The van der Waals surface area contributed by atoms with Crippen molar-refractivity contribution < 1.29 is 31.9 Å². The number of fused-ring (bicyclic) bond motifs is 1.